The summed E-state index contributed by atoms with van der Waals surface area (Å²) in [5, 5.41) is 0. The highest BCUT2D eigenvalue weighted by Gasteiger charge is 2.19. The summed E-state index contributed by atoms with van der Waals surface area (Å²) in [5.74, 6) is -0.118. The fraction of sp³-hybridized carbons (Fsp3) is 0.932. The molecule has 0 aromatic rings. The molecular formula is C44H84O6. The van der Waals surface area contributed by atoms with E-state index in [1.54, 1.807) is 0 Å². The number of unbranched alkanes of at least 4 members (excludes halogenated alkanes) is 26. The van der Waals surface area contributed by atoms with Gasteiger partial charge >= 0.3 is 17.9 Å². The SMILES string of the molecule is CCCCCCCCCCCCCCCCCCCCC(=O)OC[C@H](COC(=O)CCCCCCC)OC(=O)CCCCCCCCC(C)C. The van der Waals surface area contributed by atoms with Crippen LogP contribution in [0, 0.1) is 5.92 Å². The van der Waals surface area contributed by atoms with Gasteiger partial charge in [0.15, 0.2) is 6.10 Å². The third kappa shape index (κ3) is 37.7. The van der Waals surface area contributed by atoms with Gasteiger partial charge in [-0.05, 0) is 25.2 Å². The van der Waals surface area contributed by atoms with Crippen LogP contribution in [0.25, 0.3) is 0 Å². The molecule has 0 rings (SSSR count). The van der Waals surface area contributed by atoms with E-state index < -0.39 is 6.10 Å². The molecule has 1 atom stereocenters. The molecule has 0 N–H and O–H groups in total. The highest BCUT2D eigenvalue weighted by Crippen LogP contribution is 2.16. The zero-order valence-corrected chi connectivity index (χ0v) is 33.9. The van der Waals surface area contributed by atoms with E-state index in [1.165, 1.54) is 128 Å². The first-order valence-corrected chi connectivity index (χ1v) is 21.9. The van der Waals surface area contributed by atoms with E-state index >= 15 is 0 Å². The highest BCUT2D eigenvalue weighted by atomic mass is 16.6. The standard InChI is InChI=1S/C44H84O6/c1-5-7-9-11-12-13-14-15-16-17-18-19-20-21-22-23-28-32-36-43(46)49-39-41(38-48-42(45)35-31-26-10-8-6-2)50-44(47)37-33-29-25-24-27-30-34-40(3)4/h40-41H,5-39H2,1-4H3/t41-/m0/s1. The molecule has 296 valence electrons. The van der Waals surface area contributed by atoms with Gasteiger partial charge in [0.1, 0.15) is 13.2 Å². The number of hydrogen-bond donors (Lipinski definition) is 0. The molecule has 0 aromatic heterocycles. The van der Waals surface area contributed by atoms with E-state index in [0.29, 0.717) is 19.3 Å². The van der Waals surface area contributed by atoms with Crippen LogP contribution in [0.2, 0.25) is 0 Å². The van der Waals surface area contributed by atoms with Crippen LogP contribution >= 0.6 is 0 Å². The van der Waals surface area contributed by atoms with Crippen molar-refractivity contribution in [3.05, 3.63) is 0 Å². The van der Waals surface area contributed by atoms with Gasteiger partial charge in [-0.2, -0.15) is 0 Å². The van der Waals surface area contributed by atoms with Crippen molar-refractivity contribution in [2.24, 2.45) is 5.92 Å². The predicted octanol–water partition coefficient (Wildman–Crippen LogP) is 13.6. The van der Waals surface area contributed by atoms with Crippen LogP contribution < -0.4 is 0 Å². The zero-order valence-electron chi connectivity index (χ0n) is 33.9. The minimum absolute atomic E-state index is 0.0662. The molecule has 0 saturated carbocycles. The largest absolute Gasteiger partial charge is 0.462 e. The Bertz CT molecular complexity index is 751. The molecule has 0 amide bonds. The topological polar surface area (TPSA) is 78.9 Å². The van der Waals surface area contributed by atoms with Crippen molar-refractivity contribution in [2.75, 3.05) is 13.2 Å². The molecule has 0 unspecified atom stereocenters. The van der Waals surface area contributed by atoms with Gasteiger partial charge in [-0.15, -0.1) is 0 Å². The van der Waals surface area contributed by atoms with Gasteiger partial charge in [-0.25, -0.2) is 0 Å². The maximum Gasteiger partial charge on any atom is 0.306 e. The van der Waals surface area contributed by atoms with Crippen molar-refractivity contribution in [2.45, 2.75) is 246 Å². The molecular weight excluding hydrogens is 624 g/mol. The summed E-state index contributed by atoms with van der Waals surface area (Å²) in [7, 11) is 0. The Morgan fingerprint density at radius 1 is 0.380 bits per heavy atom. The van der Waals surface area contributed by atoms with Crippen LogP contribution in [-0.2, 0) is 28.6 Å². The first kappa shape index (κ1) is 48.4. The molecule has 6 nitrogen and oxygen atoms in total. The lowest BCUT2D eigenvalue weighted by atomic mass is 10.0. The Labute approximate surface area is 310 Å². The molecule has 0 saturated heterocycles. The van der Waals surface area contributed by atoms with Gasteiger partial charge < -0.3 is 14.2 Å². The van der Waals surface area contributed by atoms with E-state index in [9.17, 15) is 14.4 Å². The van der Waals surface area contributed by atoms with Crippen molar-refractivity contribution in [1.29, 1.82) is 0 Å². The predicted molar refractivity (Wildman–Crippen MR) is 210 cm³/mol. The lowest BCUT2D eigenvalue weighted by molar-refractivity contribution is -0.167. The monoisotopic (exact) mass is 709 g/mol. The van der Waals surface area contributed by atoms with Crippen LogP contribution in [0.4, 0.5) is 0 Å². The molecule has 0 radical (unpaired) electrons. The number of rotatable bonds is 39. The van der Waals surface area contributed by atoms with Crippen molar-refractivity contribution in [3.8, 4) is 0 Å². The van der Waals surface area contributed by atoms with E-state index in [4.69, 9.17) is 14.2 Å². The molecule has 0 aliphatic carbocycles. The average molecular weight is 709 g/mol. The maximum absolute atomic E-state index is 12.6. The highest BCUT2D eigenvalue weighted by molar-refractivity contribution is 5.71. The molecule has 0 aromatic carbocycles. The van der Waals surface area contributed by atoms with E-state index in [0.717, 1.165) is 70.1 Å². The van der Waals surface area contributed by atoms with Gasteiger partial charge in [-0.1, -0.05) is 201 Å². The quantitative estimate of drug-likeness (QED) is 0.0359. The van der Waals surface area contributed by atoms with Crippen LogP contribution in [0.3, 0.4) is 0 Å². The summed E-state index contributed by atoms with van der Waals surface area (Å²) < 4.78 is 16.5. The lowest BCUT2D eigenvalue weighted by Gasteiger charge is -2.18. The van der Waals surface area contributed by atoms with E-state index in [-0.39, 0.29) is 31.1 Å². The summed E-state index contributed by atoms with van der Waals surface area (Å²) in [6.45, 7) is 8.84. The Morgan fingerprint density at radius 3 is 0.980 bits per heavy atom. The number of esters is 3. The third-order valence-electron chi connectivity index (χ3n) is 9.79. The second-order valence-corrected chi connectivity index (χ2v) is 15.5. The van der Waals surface area contributed by atoms with Crippen LogP contribution in [-0.4, -0.2) is 37.2 Å². The van der Waals surface area contributed by atoms with Gasteiger partial charge in [0.05, 0.1) is 0 Å². The second kappa shape index (κ2) is 38.6. The Hall–Kier alpha value is -1.59. The molecule has 0 bridgehead atoms. The first-order valence-electron chi connectivity index (χ1n) is 21.9. The smallest absolute Gasteiger partial charge is 0.306 e. The molecule has 0 spiro atoms. The fourth-order valence-corrected chi connectivity index (χ4v) is 6.45. The summed E-state index contributed by atoms with van der Waals surface area (Å²) in [6.07, 6.45) is 37.1. The molecule has 6 heteroatoms. The summed E-state index contributed by atoms with van der Waals surface area (Å²) in [4.78, 5) is 37.3. The minimum Gasteiger partial charge on any atom is -0.462 e. The number of ether oxygens (including phenoxy) is 3. The summed E-state index contributed by atoms with van der Waals surface area (Å²) in [5.41, 5.74) is 0. The van der Waals surface area contributed by atoms with Crippen molar-refractivity contribution in [3.63, 3.8) is 0 Å². The van der Waals surface area contributed by atoms with Gasteiger partial charge in [0.25, 0.3) is 0 Å². The summed E-state index contributed by atoms with van der Waals surface area (Å²) >= 11 is 0. The van der Waals surface area contributed by atoms with E-state index in [2.05, 4.69) is 27.7 Å². The molecule has 0 fully saturated rings. The van der Waals surface area contributed by atoms with Crippen LogP contribution in [0.5, 0.6) is 0 Å². The van der Waals surface area contributed by atoms with Gasteiger partial charge in [-0.3, -0.25) is 14.4 Å². The third-order valence-corrected chi connectivity index (χ3v) is 9.79. The molecule has 50 heavy (non-hydrogen) atoms. The normalized spacial score (nSPS) is 11.9. The van der Waals surface area contributed by atoms with Crippen molar-refractivity contribution >= 4 is 17.9 Å². The summed E-state index contributed by atoms with van der Waals surface area (Å²) in [6, 6.07) is 0. The van der Waals surface area contributed by atoms with Crippen molar-refractivity contribution < 1.29 is 28.6 Å². The Balaban J connectivity index is 4.10. The second-order valence-electron chi connectivity index (χ2n) is 15.5. The number of carbonyl (C=O) groups excluding carboxylic acids is 3. The van der Waals surface area contributed by atoms with Crippen LogP contribution in [0.15, 0.2) is 0 Å². The molecule has 0 aliphatic heterocycles. The number of hydrogen-bond acceptors (Lipinski definition) is 6. The Kier molecular flexibility index (Phi) is 37.4. The number of carbonyl (C=O) groups is 3. The Morgan fingerprint density at radius 2 is 0.660 bits per heavy atom. The first-order chi connectivity index (χ1) is 24.4. The molecule has 0 aliphatic rings. The fourth-order valence-electron chi connectivity index (χ4n) is 6.45. The zero-order chi connectivity index (χ0) is 36.8. The molecule has 0 heterocycles. The lowest BCUT2D eigenvalue weighted by Crippen LogP contribution is -2.30. The van der Waals surface area contributed by atoms with Crippen molar-refractivity contribution in [1.82, 2.24) is 0 Å². The van der Waals surface area contributed by atoms with E-state index in [1.807, 2.05) is 0 Å². The average Bonchev–Trinajstić information content (AvgIpc) is 3.09. The maximum atomic E-state index is 12.6. The van der Waals surface area contributed by atoms with Gasteiger partial charge in [0, 0.05) is 19.3 Å². The van der Waals surface area contributed by atoms with Crippen LogP contribution in [0.1, 0.15) is 240 Å². The van der Waals surface area contributed by atoms with Gasteiger partial charge in [0.2, 0.25) is 0 Å². The minimum atomic E-state index is -0.758.